The highest BCUT2D eigenvalue weighted by Gasteiger charge is 2.42. The van der Waals surface area contributed by atoms with Gasteiger partial charge in [-0.05, 0) is 37.0 Å². The maximum atomic E-state index is 12.3. The molecule has 160 valence electrons. The summed E-state index contributed by atoms with van der Waals surface area (Å²) < 4.78 is 30.4. The van der Waals surface area contributed by atoms with Crippen LogP contribution in [0, 0.1) is 5.92 Å². The third-order valence-corrected chi connectivity index (χ3v) is 4.98. The van der Waals surface area contributed by atoms with E-state index in [1.807, 2.05) is 0 Å². The average molecular weight is 428 g/mol. The molecule has 11 heteroatoms. The van der Waals surface area contributed by atoms with Crippen LogP contribution < -0.4 is 16.0 Å². The predicted octanol–water partition coefficient (Wildman–Crippen LogP) is 2.35. The zero-order valence-corrected chi connectivity index (χ0v) is 16.4. The third-order valence-electron chi connectivity index (χ3n) is 4.98. The van der Waals surface area contributed by atoms with E-state index in [9.17, 15) is 18.4 Å². The molecular formula is C20H18F2N6O3. The molecule has 0 unspecified atom stereocenters. The number of allylic oxidation sites excluding steroid dienone is 1. The molecule has 9 nitrogen and oxygen atoms in total. The van der Waals surface area contributed by atoms with E-state index in [0.717, 1.165) is 17.7 Å². The first-order valence-corrected chi connectivity index (χ1v) is 9.34. The molecule has 3 aromatic rings. The molecule has 1 aliphatic rings. The summed E-state index contributed by atoms with van der Waals surface area (Å²) in [6, 6.07) is 3.12. The van der Waals surface area contributed by atoms with Crippen LogP contribution in [-0.4, -0.2) is 36.9 Å². The summed E-state index contributed by atoms with van der Waals surface area (Å²) in [5, 5.41) is 4.41. The minimum absolute atomic E-state index is 0.00683. The number of aromatic amines is 2. The monoisotopic (exact) mass is 428 g/mol. The zero-order valence-electron chi connectivity index (χ0n) is 16.4. The summed E-state index contributed by atoms with van der Waals surface area (Å²) in [4.78, 5) is 36.3. The molecule has 1 saturated carbocycles. The number of pyridine rings is 1. The van der Waals surface area contributed by atoms with Crippen LogP contribution in [0.4, 0.5) is 8.78 Å². The fourth-order valence-corrected chi connectivity index (χ4v) is 3.36. The van der Waals surface area contributed by atoms with Crippen molar-refractivity contribution < 1.29 is 13.5 Å². The first-order chi connectivity index (χ1) is 14.8. The molecule has 2 atom stereocenters. The van der Waals surface area contributed by atoms with Gasteiger partial charge in [0, 0.05) is 30.2 Å². The quantitative estimate of drug-likeness (QED) is 0.560. The Morgan fingerprint density at radius 2 is 2.16 bits per heavy atom. The van der Waals surface area contributed by atoms with E-state index in [1.165, 1.54) is 23.1 Å². The van der Waals surface area contributed by atoms with Crippen molar-refractivity contribution in [1.29, 1.82) is 0 Å². The number of H-pyrrole nitrogens is 2. The summed E-state index contributed by atoms with van der Waals surface area (Å²) in [7, 11) is 0. The molecular weight excluding hydrogens is 410 g/mol. The lowest BCUT2D eigenvalue weighted by Gasteiger charge is -2.08. The van der Waals surface area contributed by atoms with Gasteiger partial charge >= 0.3 is 12.3 Å². The Kier molecular flexibility index (Phi) is 5.32. The zero-order chi connectivity index (χ0) is 22.1. The van der Waals surface area contributed by atoms with E-state index < -0.39 is 17.9 Å². The van der Waals surface area contributed by atoms with Gasteiger partial charge in [0.05, 0.1) is 17.5 Å². The van der Waals surface area contributed by atoms with Gasteiger partial charge in [-0.2, -0.15) is 13.9 Å². The summed E-state index contributed by atoms with van der Waals surface area (Å²) in [5.74, 6) is 0.700. The topological polar surface area (TPSA) is 118 Å². The molecule has 1 aliphatic carbocycles. The largest absolute Gasteiger partial charge is 0.433 e. The predicted molar refractivity (Wildman–Crippen MR) is 108 cm³/mol. The van der Waals surface area contributed by atoms with E-state index in [4.69, 9.17) is 0 Å². The van der Waals surface area contributed by atoms with Crippen molar-refractivity contribution in [3.05, 3.63) is 81.4 Å². The van der Waals surface area contributed by atoms with E-state index in [-0.39, 0.29) is 23.1 Å². The van der Waals surface area contributed by atoms with Crippen LogP contribution in [0.25, 0.3) is 5.57 Å². The average Bonchev–Trinajstić information content (AvgIpc) is 3.38. The Labute approximate surface area is 174 Å². The Hall–Kier alpha value is -3.89. The number of hydrogen-bond acceptors (Lipinski definition) is 6. The molecule has 0 aromatic carbocycles. The van der Waals surface area contributed by atoms with E-state index in [1.54, 1.807) is 25.4 Å². The lowest BCUT2D eigenvalue weighted by atomic mass is 10.1. The van der Waals surface area contributed by atoms with Crippen LogP contribution in [-0.2, 0) is 0 Å². The second-order valence-corrected chi connectivity index (χ2v) is 7.04. The van der Waals surface area contributed by atoms with Gasteiger partial charge in [-0.15, -0.1) is 0 Å². The first-order valence-electron chi connectivity index (χ1n) is 9.34. The molecule has 0 bridgehead atoms. The number of rotatable bonds is 7. The van der Waals surface area contributed by atoms with E-state index >= 15 is 0 Å². The minimum Gasteiger partial charge on any atom is -0.433 e. The number of ether oxygens (including phenoxy) is 1. The summed E-state index contributed by atoms with van der Waals surface area (Å²) in [5.41, 5.74) is 0.970. The van der Waals surface area contributed by atoms with Crippen LogP contribution in [0.15, 0.2) is 58.2 Å². The van der Waals surface area contributed by atoms with E-state index in [2.05, 4.69) is 36.4 Å². The number of hydrogen-bond donors (Lipinski definition) is 2. The van der Waals surface area contributed by atoms with Crippen molar-refractivity contribution in [2.75, 3.05) is 0 Å². The Morgan fingerprint density at radius 1 is 1.35 bits per heavy atom. The number of aromatic nitrogens is 5. The maximum Gasteiger partial charge on any atom is 0.387 e. The highest BCUT2D eigenvalue weighted by Crippen LogP contribution is 2.53. The smallest absolute Gasteiger partial charge is 0.387 e. The number of nitrogens with one attached hydrogen (secondary N) is 2. The van der Waals surface area contributed by atoms with Crippen molar-refractivity contribution in [3.8, 4) is 5.75 Å². The fraction of sp³-hybridized carbons (Fsp3) is 0.250. The highest BCUT2D eigenvalue weighted by molar-refractivity contribution is 5.98. The molecule has 3 aromatic heterocycles. The summed E-state index contributed by atoms with van der Waals surface area (Å²) in [6.07, 6.45) is 6.57. The van der Waals surface area contributed by atoms with Crippen molar-refractivity contribution in [1.82, 2.24) is 24.6 Å². The molecule has 0 spiro atoms. The molecule has 0 radical (unpaired) electrons. The van der Waals surface area contributed by atoms with Crippen LogP contribution in [0.1, 0.15) is 36.3 Å². The van der Waals surface area contributed by atoms with Gasteiger partial charge in [0.2, 0.25) is 0 Å². The molecule has 0 aliphatic heterocycles. The van der Waals surface area contributed by atoms with Crippen molar-refractivity contribution >= 4 is 11.3 Å². The molecule has 31 heavy (non-hydrogen) atoms. The van der Waals surface area contributed by atoms with Crippen LogP contribution in [0.3, 0.4) is 0 Å². The Balaban J connectivity index is 1.51. The van der Waals surface area contributed by atoms with Gasteiger partial charge in [0.1, 0.15) is 5.75 Å². The van der Waals surface area contributed by atoms with Gasteiger partial charge in [-0.3, -0.25) is 14.8 Å². The Bertz CT molecular complexity index is 1260. The van der Waals surface area contributed by atoms with Gasteiger partial charge in [0.15, 0.2) is 5.82 Å². The van der Waals surface area contributed by atoms with Gasteiger partial charge in [-0.1, -0.05) is 6.58 Å². The maximum absolute atomic E-state index is 12.3. The van der Waals surface area contributed by atoms with Crippen molar-refractivity contribution in [3.63, 3.8) is 0 Å². The molecule has 0 saturated heterocycles. The number of nitrogens with zero attached hydrogens (tertiary/aromatic N) is 4. The van der Waals surface area contributed by atoms with Crippen LogP contribution in [0.2, 0.25) is 0 Å². The summed E-state index contributed by atoms with van der Waals surface area (Å²) in [6.45, 7) is 2.89. The van der Waals surface area contributed by atoms with Gasteiger partial charge in [-0.25, -0.2) is 14.5 Å². The third kappa shape index (κ3) is 4.34. The molecule has 2 N–H and O–H groups in total. The van der Waals surface area contributed by atoms with Gasteiger partial charge in [0.25, 0.3) is 5.56 Å². The van der Waals surface area contributed by atoms with E-state index in [0.29, 0.717) is 11.5 Å². The van der Waals surface area contributed by atoms with Crippen LogP contribution in [0.5, 0.6) is 5.75 Å². The van der Waals surface area contributed by atoms with Crippen molar-refractivity contribution in [2.45, 2.75) is 25.9 Å². The number of imidazole rings is 1. The molecule has 4 rings (SSSR count). The Morgan fingerprint density at radius 3 is 2.84 bits per heavy atom. The minimum atomic E-state index is -2.89. The SMILES string of the molecule is C=C(c1nccn1/N=C(\C)c1c[nH]c(=O)[nH]c1=O)[C@H]1C[C@@H]1c1ccc(OC(F)F)cn1. The normalized spacial score (nSPS) is 18.3. The first kappa shape index (κ1) is 20.4. The fourth-order valence-electron chi connectivity index (χ4n) is 3.36. The lowest BCUT2D eigenvalue weighted by Crippen LogP contribution is -2.26. The molecule has 1 fully saturated rings. The van der Waals surface area contributed by atoms with Gasteiger partial charge < -0.3 is 9.72 Å². The lowest BCUT2D eigenvalue weighted by molar-refractivity contribution is -0.0500. The second-order valence-electron chi connectivity index (χ2n) is 7.04. The molecule has 0 amide bonds. The number of halogens is 2. The summed E-state index contributed by atoms with van der Waals surface area (Å²) >= 11 is 0. The van der Waals surface area contributed by atoms with Crippen LogP contribution >= 0.6 is 0 Å². The number of alkyl halides is 2. The second kappa shape index (κ2) is 8.09. The highest BCUT2D eigenvalue weighted by atomic mass is 19.3. The molecule has 3 heterocycles. The standard InChI is InChI=1S/C20H18F2N6O3/c1-10(13-7-14(13)16-4-3-12(8-24-16)31-19(21)22)17-23-5-6-28(17)27-11(2)15-9-25-20(30)26-18(15)29/h3-6,8-9,13-14,19H,1,7H2,2H3,(H2,25,26,29,30)/b27-11+/t13-,14+/m1/s1. The van der Waals surface area contributed by atoms with Crippen molar-refractivity contribution in [2.24, 2.45) is 11.0 Å².